The van der Waals surface area contributed by atoms with E-state index in [9.17, 15) is 0 Å². The smallest absolute Gasteiger partial charge is 0.0999 e. The first kappa shape index (κ1) is 8.39. The lowest BCUT2D eigenvalue weighted by Gasteiger charge is -1.90. The van der Waals surface area contributed by atoms with Crippen LogP contribution in [-0.4, -0.2) is 0 Å². The molecule has 0 aromatic carbocycles. The molecule has 0 saturated heterocycles. The average molecular weight is 185 g/mol. The van der Waals surface area contributed by atoms with Crippen LogP contribution in [0.3, 0.4) is 0 Å². The topological polar surface area (TPSA) is 50.1 Å². The van der Waals surface area contributed by atoms with Crippen molar-refractivity contribution in [2.75, 3.05) is 0 Å². The molecule has 3 heteroatoms. The third-order valence-electron chi connectivity index (χ3n) is 1.81. The summed E-state index contributed by atoms with van der Waals surface area (Å²) in [6, 6.07) is 5.64. The summed E-state index contributed by atoms with van der Waals surface area (Å²) >= 11 is 0. The van der Waals surface area contributed by atoms with Gasteiger partial charge in [0.25, 0.3) is 0 Å². The lowest BCUT2D eigenvalue weighted by molar-refractivity contribution is 0.566. The fourth-order valence-electron chi connectivity index (χ4n) is 1.12. The van der Waals surface area contributed by atoms with Gasteiger partial charge in [-0.2, -0.15) is 5.26 Å². The van der Waals surface area contributed by atoms with Crippen LogP contribution in [0.15, 0.2) is 46.0 Å². The highest BCUT2D eigenvalue weighted by atomic mass is 16.3. The summed E-state index contributed by atoms with van der Waals surface area (Å²) in [5.74, 6) is 0. The van der Waals surface area contributed by atoms with E-state index in [-0.39, 0.29) is 0 Å². The number of nitrogens with zero attached hydrogens (tertiary/aromatic N) is 1. The minimum atomic E-state index is 0.556. The molecule has 0 unspecified atom stereocenters. The molecule has 68 valence electrons. The maximum absolute atomic E-state index is 8.91. The van der Waals surface area contributed by atoms with Crippen molar-refractivity contribution in [2.24, 2.45) is 0 Å². The molecule has 0 radical (unpaired) electrons. The average Bonchev–Trinajstić information content (AvgIpc) is 2.86. The third kappa shape index (κ3) is 1.59. The molecule has 14 heavy (non-hydrogen) atoms. The predicted molar refractivity (Wildman–Crippen MR) is 50.9 cm³/mol. The molecule has 0 saturated carbocycles. The zero-order chi connectivity index (χ0) is 9.80. The van der Waals surface area contributed by atoms with Gasteiger partial charge in [0.15, 0.2) is 0 Å². The van der Waals surface area contributed by atoms with E-state index in [4.69, 9.17) is 14.1 Å². The van der Waals surface area contributed by atoms with E-state index in [1.54, 1.807) is 30.7 Å². The summed E-state index contributed by atoms with van der Waals surface area (Å²) in [7, 11) is 0. The second kappa shape index (κ2) is 3.67. The van der Waals surface area contributed by atoms with E-state index in [0.717, 1.165) is 11.1 Å². The highest BCUT2D eigenvalue weighted by molar-refractivity contribution is 5.89. The SMILES string of the molecule is N#CC(=Cc1ccoc1)c1ccoc1. The Balaban J connectivity index is 2.37. The largest absolute Gasteiger partial charge is 0.472 e. The number of hydrogen-bond acceptors (Lipinski definition) is 3. The van der Waals surface area contributed by atoms with Gasteiger partial charge < -0.3 is 8.83 Å². The first-order chi connectivity index (χ1) is 6.90. The fourth-order valence-corrected chi connectivity index (χ4v) is 1.12. The van der Waals surface area contributed by atoms with E-state index in [1.807, 2.05) is 0 Å². The van der Waals surface area contributed by atoms with Crippen LogP contribution < -0.4 is 0 Å². The number of allylic oxidation sites excluding steroid dienone is 1. The van der Waals surface area contributed by atoms with Crippen LogP contribution >= 0.6 is 0 Å². The summed E-state index contributed by atoms with van der Waals surface area (Å²) in [6.45, 7) is 0. The van der Waals surface area contributed by atoms with Gasteiger partial charge in [0.1, 0.15) is 0 Å². The van der Waals surface area contributed by atoms with Crippen LogP contribution in [0.25, 0.3) is 11.6 Å². The first-order valence-electron chi connectivity index (χ1n) is 4.07. The summed E-state index contributed by atoms with van der Waals surface area (Å²) in [5, 5.41) is 8.91. The standard InChI is InChI=1S/C11H7NO2/c12-6-11(10-2-4-14-8-10)5-9-1-3-13-7-9/h1-5,7-8H. The van der Waals surface area contributed by atoms with Gasteiger partial charge in [0, 0.05) is 11.1 Å². The molecule has 0 atom stereocenters. The van der Waals surface area contributed by atoms with Crippen LogP contribution in [0.1, 0.15) is 11.1 Å². The molecule has 2 rings (SSSR count). The molecule has 0 spiro atoms. The summed E-state index contributed by atoms with van der Waals surface area (Å²) in [5.41, 5.74) is 2.19. The molecule has 3 nitrogen and oxygen atoms in total. The van der Waals surface area contributed by atoms with Gasteiger partial charge in [-0.1, -0.05) is 0 Å². The normalized spacial score (nSPS) is 11.2. The zero-order valence-electron chi connectivity index (χ0n) is 7.31. The molecular formula is C11H7NO2. The summed E-state index contributed by atoms with van der Waals surface area (Å²) in [4.78, 5) is 0. The van der Waals surface area contributed by atoms with Gasteiger partial charge in [0.05, 0.1) is 36.7 Å². The summed E-state index contributed by atoms with van der Waals surface area (Å²) < 4.78 is 9.80. The molecule has 0 aliphatic rings. The number of furan rings is 2. The van der Waals surface area contributed by atoms with Crippen molar-refractivity contribution in [2.45, 2.75) is 0 Å². The number of nitriles is 1. The van der Waals surface area contributed by atoms with Crippen LogP contribution in [0.4, 0.5) is 0 Å². The van der Waals surface area contributed by atoms with Crippen molar-refractivity contribution in [1.82, 2.24) is 0 Å². The van der Waals surface area contributed by atoms with Crippen LogP contribution in [0.5, 0.6) is 0 Å². The van der Waals surface area contributed by atoms with Crippen LogP contribution in [-0.2, 0) is 0 Å². The Morgan fingerprint density at radius 3 is 2.57 bits per heavy atom. The van der Waals surface area contributed by atoms with Crippen molar-refractivity contribution in [3.63, 3.8) is 0 Å². The van der Waals surface area contributed by atoms with Gasteiger partial charge in [-0.05, 0) is 18.2 Å². The highest BCUT2D eigenvalue weighted by Gasteiger charge is 2.02. The maximum atomic E-state index is 8.91. The Morgan fingerprint density at radius 2 is 2.00 bits per heavy atom. The molecule has 2 aromatic heterocycles. The number of hydrogen-bond donors (Lipinski definition) is 0. The van der Waals surface area contributed by atoms with Gasteiger partial charge >= 0.3 is 0 Å². The van der Waals surface area contributed by atoms with E-state index in [2.05, 4.69) is 6.07 Å². The maximum Gasteiger partial charge on any atom is 0.0999 e. The Labute approximate surface area is 80.9 Å². The Hall–Kier alpha value is -2.21. The molecule has 0 N–H and O–H groups in total. The third-order valence-corrected chi connectivity index (χ3v) is 1.81. The minimum absolute atomic E-state index is 0.556. The van der Waals surface area contributed by atoms with E-state index < -0.39 is 0 Å². The van der Waals surface area contributed by atoms with Crippen LogP contribution in [0, 0.1) is 11.3 Å². The molecule has 0 fully saturated rings. The predicted octanol–water partition coefficient (Wildman–Crippen LogP) is 2.94. The molecule has 2 aromatic rings. The van der Waals surface area contributed by atoms with Crippen molar-refractivity contribution in [3.8, 4) is 6.07 Å². The number of rotatable bonds is 2. The monoisotopic (exact) mass is 185 g/mol. The fraction of sp³-hybridized carbons (Fsp3) is 0. The van der Waals surface area contributed by atoms with Crippen molar-refractivity contribution < 1.29 is 8.83 Å². The molecule has 0 aliphatic carbocycles. The van der Waals surface area contributed by atoms with E-state index in [1.165, 1.54) is 12.5 Å². The zero-order valence-corrected chi connectivity index (χ0v) is 7.31. The minimum Gasteiger partial charge on any atom is -0.472 e. The van der Waals surface area contributed by atoms with E-state index in [0.29, 0.717) is 5.57 Å². The second-order valence-electron chi connectivity index (χ2n) is 2.74. The van der Waals surface area contributed by atoms with E-state index >= 15 is 0 Å². The second-order valence-corrected chi connectivity index (χ2v) is 2.74. The van der Waals surface area contributed by atoms with Crippen molar-refractivity contribution >= 4 is 11.6 Å². The molecular weight excluding hydrogens is 178 g/mol. The van der Waals surface area contributed by atoms with Gasteiger partial charge in [0.2, 0.25) is 0 Å². The van der Waals surface area contributed by atoms with Crippen LogP contribution in [0.2, 0.25) is 0 Å². The highest BCUT2D eigenvalue weighted by Crippen LogP contribution is 2.17. The van der Waals surface area contributed by atoms with Crippen molar-refractivity contribution in [3.05, 3.63) is 48.3 Å². The first-order valence-corrected chi connectivity index (χ1v) is 4.07. The van der Waals surface area contributed by atoms with Gasteiger partial charge in [-0.15, -0.1) is 0 Å². The summed E-state index contributed by atoms with van der Waals surface area (Å²) in [6.07, 6.45) is 7.97. The lowest BCUT2D eigenvalue weighted by atomic mass is 10.1. The quantitative estimate of drug-likeness (QED) is 0.676. The molecule has 0 bridgehead atoms. The van der Waals surface area contributed by atoms with Crippen molar-refractivity contribution in [1.29, 1.82) is 5.26 Å². The Morgan fingerprint density at radius 1 is 1.21 bits per heavy atom. The molecule has 0 amide bonds. The Bertz CT molecular complexity index is 458. The Kier molecular flexibility index (Phi) is 2.20. The van der Waals surface area contributed by atoms with Gasteiger partial charge in [-0.25, -0.2) is 0 Å². The lowest BCUT2D eigenvalue weighted by Crippen LogP contribution is -1.75. The van der Waals surface area contributed by atoms with Gasteiger partial charge in [-0.3, -0.25) is 0 Å². The molecule has 2 heterocycles. The molecule has 0 aliphatic heterocycles.